The van der Waals surface area contributed by atoms with E-state index in [1.165, 1.54) is 51.0 Å². The van der Waals surface area contributed by atoms with E-state index in [0.717, 1.165) is 6.42 Å². The molecular formula is C15H26N4. The van der Waals surface area contributed by atoms with Crippen LogP contribution in [0.15, 0.2) is 12.3 Å². The lowest BCUT2D eigenvalue weighted by atomic mass is 9.91. The Balaban J connectivity index is 1.67. The van der Waals surface area contributed by atoms with E-state index < -0.39 is 0 Å². The smallest absolute Gasteiger partial charge is 0.0492 e. The Morgan fingerprint density at radius 1 is 1.42 bits per heavy atom. The second kappa shape index (κ2) is 5.25. The quantitative estimate of drug-likeness (QED) is 0.897. The molecule has 2 heterocycles. The predicted octanol–water partition coefficient (Wildman–Crippen LogP) is 1.57. The van der Waals surface area contributed by atoms with E-state index in [1.807, 2.05) is 17.9 Å². The van der Waals surface area contributed by atoms with E-state index in [9.17, 15) is 0 Å². The number of hydrogen-bond donors (Lipinski definition) is 1. The lowest BCUT2D eigenvalue weighted by Gasteiger charge is -2.48. The molecule has 1 aromatic rings. The number of nitrogens with zero attached hydrogens (tertiary/aromatic N) is 3. The van der Waals surface area contributed by atoms with Crippen molar-refractivity contribution in [3.05, 3.63) is 18.0 Å². The summed E-state index contributed by atoms with van der Waals surface area (Å²) < 4.78 is 2.01. The van der Waals surface area contributed by atoms with Crippen LogP contribution in [0.3, 0.4) is 0 Å². The van der Waals surface area contributed by atoms with Crippen molar-refractivity contribution in [1.82, 2.24) is 20.0 Å². The van der Waals surface area contributed by atoms with Gasteiger partial charge >= 0.3 is 0 Å². The standard InChI is InChI=1S/C15H26N4/c1-13-11-19(10-6-14-5-9-17-18(14)2)15(12-16-13)7-3-4-8-15/h5,9,13,16H,3-4,6-8,10-12H2,1-2H3. The molecule has 3 rings (SSSR count). The van der Waals surface area contributed by atoms with E-state index in [-0.39, 0.29) is 0 Å². The molecule has 1 atom stereocenters. The molecular weight excluding hydrogens is 236 g/mol. The summed E-state index contributed by atoms with van der Waals surface area (Å²) in [5.74, 6) is 0. The molecule has 1 N–H and O–H groups in total. The molecule has 1 saturated carbocycles. The van der Waals surface area contributed by atoms with Crippen LogP contribution in [0, 0.1) is 0 Å². The van der Waals surface area contributed by atoms with Gasteiger partial charge in [0, 0.05) is 56.6 Å². The lowest BCUT2D eigenvalue weighted by molar-refractivity contribution is 0.0473. The number of piperazine rings is 1. The summed E-state index contributed by atoms with van der Waals surface area (Å²) in [6.07, 6.45) is 8.57. The first-order chi connectivity index (χ1) is 9.20. The van der Waals surface area contributed by atoms with Crippen molar-refractivity contribution in [2.24, 2.45) is 7.05 Å². The largest absolute Gasteiger partial charge is 0.311 e. The Hall–Kier alpha value is -0.870. The molecule has 106 valence electrons. The van der Waals surface area contributed by atoms with Gasteiger partial charge in [-0.1, -0.05) is 12.8 Å². The van der Waals surface area contributed by atoms with Crippen molar-refractivity contribution < 1.29 is 0 Å². The minimum atomic E-state index is 0.450. The van der Waals surface area contributed by atoms with Crippen LogP contribution in [-0.2, 0) is 13.5 Å². The number of hydrogen-bond acceptors (Lipinski definition) is 3. The second-order valence-electron chi connectivity index (χ2n) is 6.36. The summed E-state index contributed by atoms with van der Waals surface area (Å²) >= 11 is 0. The molecule has 4 heteroatoms. The molecule has 0 radical (unpaired) electrons. The molecule has 0 aromatic carbocycles. The lowest BCUT2D eigenvalue weighted by Crippen LogP contribution is -2.63. The van der Waals surface area contributed by atoms with Gasteiger partial charge in [-0.15, -0.1) is 0 Å². The maximum atomic E-state index is 4.27. The van der Waals surface area contributed by atoms with Gasteiger partial charge in [-0.25, -0.2) is 0 Å². The summed E-state index contributed by atoms with van der Waals surface area (Å²) in [5.41, 5.74) is 1.80. The average Bonchev–Trinajstić information content (AvgIpc) is 3.01. The van der Waals surface area contributed by atoms with Gasteiger partial charge in [0.15, 0.2) is 0 Å². The average molecular weight is 262 g/mol. The Bertz CT molecular complexity index is 420. The van der Waals surface area contributed by atoms with E-state index >= 15 is 0 Å². The third-order valence-corrected chi connectivity index (χ3v) is 5.04. The van der Waals surface area contributed by atoms with Crippen molar-refractivity contribution >= 4 is 0 Å². The highest BCUT2D eigenvalue weighted by molar-refractivity contribution is 5.04. The zero-order valence-electron chi connectivity index (χ0n) is 12.2. The second-order valence-corrected chi connectivity index (χ2v) is 6.36. The van der Waals surface area contributed by atoms with Gasteiger partial charge in [0.2, 0.25) is 0 Å². The molecule has 1 spiro atoms. The van der Waals surface area contributed by atoms with E-state index in [1.54, 1.807) is 0 Å². The Morgan fingerprint density at radius 3 is 2.89 bits per heavy atom. The predicted molar refractivity (Wildman–Crippen MR) is 77.1 cm³/mol. The Morgan fingerprint density at radius 2 is 2.21 bits per heavy atom. The summed E-state index contributed by atoms with van der Waals surface area (Å²) in [5, 5.41) is 7.96. The van der Waals surface area contributed by atoms with Crippen LogP contribution in [0.4, 0.5) is 0 Å². The summed E-state index contributed by atoms with van der Waals surface area (Å²) in [6, 6.07) is 2.77. The Labute approximate surface area is 116 Å². The highest BCUT2D eigenvalue weighted by Gasteiger charge is 2.42. The summed E-state index contributed by atoms with van der Waals surface area (Å²) in [4.78, 5) is 2.76. The van der Waals surface area contributed by atoms with Crippen LogP contribution >= 0.6 is 0 Å². The third kappa shape index (κ3) is 2.56. The van der Waals surface area contributed by atoms with Crippen LogP contribution in [0.1, 0.15) is 38.3 Å². The Kier molecular flexibility index (Phi) is 3.63. The molecule has 2 aliphatic rings. The van der Waals surface area contributed by atoms with E-state index in [4.69, 9.17) is 0 Å². The number of aromatic nitrogens is 2. The third-order valence-electron chi connectivity index (χ3n) is 5.04. The maximum Gasteiger partial charge on any atom is 0.0492 e. The first-order valence-electron chi connectivity index (χ1n) is 7.65. The molecule has 0 amide bonds. The van der Waals surface area contributed by atoms with Gasteiger partial charge in [0.25, 0.3) is 0 Å². The molecule has 0 bridgehead atoms. The molecule has 1 aliphatic carbocycles. The molecule has 4 nitrogen and oxygen atoms in total. The fraction of sp³-hybridized carbons (Fsp3) is 0.800. The first kappa shape index (κ1) is 13.1. The molecule has 1 aromatic heterocycles. The SMILES string of the molecule is CC1CN(CCc2ccnn2C)C2(CCCC2)CN1. The van der Waals surface area contributed by atoms with Crippen LogP contribution < -0.4 is 5.32 Å². The van der Waals surface area contributed by atoms with Crippen molar-refractivity contribution in [2.75, 3.05) is 19.6 Å². The minimum absolute atomic E-state index is 0.450. The van der Waals surface area contributed by atoms with Gasteiger partial charge < -0.3 is 5.32 Å². The molecule has 1 aliphatic heterocycles. The molecule has 2 fully saturated rings. The van der Waals surface area contributed by atoms with E-state index in [0.29, 0.717) is 11.6 Å². The fourth-order valence-corrected chi connectivity index (χ4v) is 3.82. The number of aryl methyl sites for hydroxylation is 1. The topological polar surface area (TPSA) is 33.1 Å². The van der Waals surface area contributed by atoms with Crippen molar-refractivity contribution in [2.45, 2.75) is 50.6 Å². The summed E-state index contributed by atoms with van der Waals surface area (Å²) in [6.45, 7) is 5.85. The van der Waals surface area contributed by atoms with Gasteiger partial charge in [-0.3, -0.25) is 9.58 Å². The van der Waals surface area contributed by atoms with Crippen LogP contribution in [0.25, 0.3) is 0 Å². The zero-order valence-corrected chi connectivity index (χ0v) is 12.2. The van der Waals surface area contributed by atoms with Gasteiger partial charge in [0.1, 0.15) is 0 Å². The summed E-state index contributed by atoms with van der Waals surface area (Å²) in [7, 11) is 2.04. The van der Waals surface area contributed by atoms with Gasteiger partial charge in [-0.05, 0) is 25.8 Å². The fourth-order valence-electron chi connectivity index (χ4n) is 3.82. The number of nitrogens with one attached hydrogen (secondary N) is 1. The molecule has 19 heavy (non-hydrogen) atoms. The highest BCUT2D eigenvalue weighted by Crippen LogP contribution is 2.36. The van der Waals surface area contributed by atoms with Crippen LogP contribution in [0.5, 0.6) is 0 Å². The first-order valence-corrected chi connectivity index (χ1v) is 7.65. The normalized spacial score (nSPS) is 27.2. The van der Waals surface area contributed by atoms with Crippen LogP contribution in [-0.4, -0.2) is 45.9 Å². The minimum Gasteiger partial charge on any atom is -0.311 e. The van der Waals surface area contributed by atoms with E-state index in [2.05, 4.69) is 28.3 Å². The maximum absolute atomic E-state index is 4.27. The van der Waals surface area contributed by atoms with Crippen molar-refractivity contribution in [1.29, 1.82) is 0 Å². The van der Waals surface area contributed by atoms with Crippen LogP contribution in [0.2, 0.25) is 0 Å². The number of rotatable bonds is 3. The molecule has 1 unspecified atom stereocenters. The zero-order chi connectivity index (χ0) is 13.3. The van der Waals surface area contributed by atoms with Crippen molar-refractivity contribution in [3.63, 3.8) is 0 Å². The van der Waals surface area contributed by atoms with Crippen molar-refractivity contribution in [3.8, 4) is 0 Å². The highest BCUT2D eigenvalue weighted by atomic mass is 15.3. The van der Waals surface area contributed by atoms with Gasteiger partial charge in [0.05, 0.1) is 0 Å². The monoisotopic (exact) mass is 262 g/mol. The molecule has 1 saturated heterocycles. The van der Waals surface area contributed by atoms with Gasteiger partial charge in [-0.2, -0.15) is 5.10 Å².